The first-order chi connectivity index (χ1) is 12.2. The zero-order chi connectivity index (χ0) is 17.9. The molecule has 0 aliphatic carbocycles. The molecule has 0 aliphatic heterocycles. The topological polar surface area (TPSA) is 68.8 Å². The van der Waals surface area contributed by atoms with Crippen LogP contribution in [0.5, 0.6) is 17.2 Å². The smallest absolute Gasteiger partial charge is 0.315 e. The Bertz CT molecular complexity index is 659. The molecule has 0 fully saturated rings. The predicted octanol–water partition coefficient (Wildman–Crippen LogP) is 2.97. The lowest BCUT2D eigenvalue weighted by atomic mass is 10.2. The van der Waals surface area contributed by atoms with Gasteiger partial charge in [-0.2, -0.15) is 0 Å². The van der Waals surface area contributed by atoms with Gasteiger partial charge in [0.25, 0.3) is 0 Å². The van der Waals surface area contributed by atoms with E-state index in [4.69, 9.17) is 14.2 Å². The Morgan fingerprint density at radius 2 is 1.64 bits per heavy atom. The normalized spacial score (nSPS) is 10.0. The van der Waals surface area contributed by atoms with Gasteiger partial charge in [0, 0.05) is 18.7 Å². The standard InChI is InChI=1S/C19H24N2O4/c1-23-16-8-10-17(11-9-16)25-13-5-12-20-19(22)21-14-15-6-3-4-7-18(15)24-2/h3-4,6-11H,5,12-14H2,1-2H3,(H2,20,21,22). The van der Waals surface area contributed by atoms with Crippen molar-refractivity contribution in [3.63, 3.8) is 0 Å². The van der Waals surface area contributed by atoms with Crippen molar-refractivity contribution in [3.8, 4) is 17.2 Å². The summed E-state index contributed by atoms with van der Waals surface area (Å²) in [5.74, 6) is 2.33. The van der Waals surface area contributed by atoms with Crippen molar-refractivity contribution in [2.45, 2.75) is 13.0 Å². The van der Waals surface area contributed by atoms with Gasteiger partial charge in [-0.15, -0.1) is 0 Å². The van der Waals surface area contributed by atoms with Crippen molar-refractivity contribution >= 4 is 6.03 Å². The molecule has 0 saturated heterocycles. The minimum absolute atomic E-state index is 0.213. The lowest BCUT2D eigenvalue weighted by molar-refractivity contribution is 0.238. The first-order valence-corrected chi connectivity index (χ1v) is 8.13. The van der Waals surface area contributed by atoms with Crippen molar-refractivity contribution in [2.24, 2.45) is 0 Å². The number of nitrogens with one attached hydrogen (secondary N) is 2. The molecule has 0 heterocycles. The lowest BCUT2D eigenvalue weighted by Gasteiger charge is -2.11. The fraction of sp³-hybridized carbons (Fsp3) is 0.316. The molecule has 0 radical (unpaired) electrons. The molecule has 2 rings (SSSR count). The summed E-state index contributed by atoms with van der Waals surface area (Å²) in [6.45, 7) is 1.48. The van der Waals surface area contributed by atoms with E-state index >= 15 is 0 Å². The van der Waals surface area contributed by atoms with E-state index in [0.29, 0.717) is 26.1 Å². The summed E-state index contributed by atoms with van der Waals surface area (Å²) in [7, 11) is 3.24. The van der Waals surface area contributed by atoms with E-state index in [0.717, 1.165) is 22.8 Å². The molecule has 0 spiro atoms. The minimum atomic E-state index is -0.213. The largest absolute Gasteiger partial charge is 0.497 e. The van der Waals surface area contributed by atoms with E-state index in [1.807, 2.05) is 48.5 Å². The second-order valence-electron chi connectivity index (χ2n) is 5.30. The summed E-state index contributed by atoms with van der Waals surface area (Å²) in [4.78, 5) is 11.8. The highest BCUT2D eigenvalue weighted by Gasteiger charge is 2.04. The van der Waals surface area contributed by atoms with Gasteiger partial charge < -0.3 is 24.8 Å². The Morgan fingerprint density at radius 3 is 2.36 bits per heavy atom. The van der Waals surface area contributed by atoms with Crippen LogP contribution in [0, 0.1) is 0 Å². The number of carbonyl (C=O) groups is 1. The van der Waals surface area contributed by atoms with Crippen LogP contribution >= 0.6 is 0 Å². The lowest BCUT2D eigenvalue weighted by Crippen LogP contribution is -2.36. The summed E-state index contributed by atoms with van der Waals surface area (Å²) < 4.78 is 15.9. The van der Waals surface area contributed by atoms with Gasteiger partial charge in [0.15, 0.2) is 0 Å². The Balaban J connectivity index is 1.60. The van der Waals surface area contributed by atoms with E-state index in [1.165, 1.54) is 0 Å². The van der Waals surface area contributed by atoms with Crippen molar-refractivity contribution in [1.29, 1.82) is 0 Å². The Morgan fingerprint density at radius 1 is 0.920 bits per heavy atom. The van der Waals surface area contributed by atoms with Crippen molar-refractivity contribution in [1.82, 2.24) is 10.6 Å². The van der Waals surface area contributed by atoms with Crippen LogP contribution in [0.2, 0.25) is 0 Å². The number of ether oxygens (including phenoxy) is 3. The SMILES string of the molecule is COc1ccc(OCCCNC(=O)NCc2ccccc2OC)cc1. The Hall–Kier alpha value is -2.89. The molecule has 0 saturated carbocycles. The fourth-order valence-electron chi connectivity index (χ4n) is 2.22. The molecule has 0 bridgehead atoms. The van der Waals surface area contributed by atoms with E-state index in [2.05, 4.69) is 10.6 Å². The molecule has 25 heavy (non-hydrogen) atoms. The zero-order valence-corrected chi connectivity index (χ0v) is 14.6. The summed E-state index contributed by atoms with van der Waals surface area (Å²) in [5.41, 5.74) is 0.933. The zero-order valence-electron chi connectivity index (χ0n) is 14.6. The van der Waals surface area contributed by atoms with Crippen LogP contribution in [0.4, 0.5) is 4.79 Å². The van der Waals surface area contributed by atoms with Crippen LogP contribution in [-0.2, 0) is 6.54 Å². The van der Waals surface area contributed by atoms with E-state index in [1.54, 1.807) is 14.2 Å². The molecule has 2 aromatic rings. The van der Waals surface area contributed by atoms with Crippen molar-refractivity contribution < 1.29 is 19.0 Å². The number of hydrogen-bond donors (Lipinski definition) is 2. The van der Waals surface area contributed by atoms with Gasteiger partial charge >= 0.3 is 6.03 Å². The van der Waals surface area contributed by atoms with Crippen LogP contribution in [0.1, 0.15) is 12.0 Å². The molecule has 134 valence electrons. The van der Waals surface area contributed by atoms with Gasteiger partial charge in [-0.25, -0.2) is 4.79 Å². The van der Waals surface area contributed by atoms with Crippen LogP contribution < -0.4 is 24.8 Å². The second kappa shape index (κ2) is 10.1. The molecule has 6 heteroatoms. The number of benzene rings is 2. The Kier molecular flexibility index (Phi) is 7.43. The number of para-hydroxylation sites is 1. The summed E-state index contributed by atoms with van der Waals surface area (Å²) >= 11 is 0. The number of carbonyl (C=O) groups excluding carboxylic acids is 1. The maximum Gasteiger partial charge on any atom is 0.315 e. The third kappa shape index (κ3) is 6.25. The average Bonchev–Trinajstić information content (AvgIpc) is 2.66. The van der Waals surface area contributed by atoms with Crippen molar-refractivity contribution in [2.75, 3.05) is 27.4 Å². The molecule has 0 aromatic heterocycles. The second-order valence-corrected chi connectivity index (χ2v) is 5.30. The molecule has 0 unspecified atom stereocenters. The first kappa shape index (κ1) is 18.4. The molecular formula is C19H24N2O4. The summed E-state index contributed by atoms with van der Waals surface area (Å²) in [6, 6.07) is 14.8. The maximum absolute atomic E-state index is 11.8. The summed E-state index contributed by atoms with van der Waals surface area (Å²) in [6.07, 6.45) is 0.716. The molecule has 2 N–H and O–H groups in total. The highest BCUT2D eigenvalue weighted by atomic mass is 16.5. The average molecular weight is 344 g/mol. The molecule has 0 atom stereocenters. The van der Waals surface area contributed by atoms with Gasteiger partial charge in [0.2, 0.25) is 0 Å². The van der Waals surface area contributed by atoms with Gasteiger partial charge in [-0.1, -0.05) is 18.2 Å². The van der Waals surface area contributed by atoms with Crippen LogP contribution in [0.25, 0.3) is 0 Å². The van der Waals surface area contributed by atoms with Crippen LogP contribution in [0.3, 0.4) is 0 Å². The third-order valence-electron chi connectivity index (χ3n) is 3.57. The monoisotopic (exact) mass is 344 g/mol. The van der Waals surface area contributed by atoms with Gasteiger partial charge in [-0.3, -0.25) is 0 Å². The van der Waals surface area contributed by atoms with Gasteiger partial charge in [0.1, 0.15) is 17.2 Å². The summed E-state index contributed by atoms with van der Waals surface area (Å²) in [5, 5.41) is 5.61. The third-order valence-corrected chi connectivity index (χ3v) is 3.57. The highest BCUT2D eigenvalue weighted by molar-refractivity contribution is 5.73. The van der Waals surface area contributed by atoms with E-state index in [9.17, 15) is 4.79 Å². The molecule has 6 nitrogen and oxygen atoms in total. The van der Waals surface area contributed by atoms with E-state index in [-0.39, 0.29) is 6.03 Å². The first-order valence-electron chi connectivity index (χ1n) is 8.13. The number of amides is 2. The molecule has 0 aliphatic rings. The Labute approximate surface area is 148 Å². The van der Waals surface area contributed by atoms with Gasteiger partial charge in [0.05, 0.1) is 20.8 Å². The number of methoxy groups -OCH3 is 2. The fourth-order valence-corrected chi connectivity index (χ4v) is 2.22. The minimum Gasteiger partial charge on any atom is -0.497 e. The van der Waals surface area contributed by atoms with Crippen LogP contribution in [-0.4, -0.2) is 33.4 Å². The highest BCUT2D eigenvalue weighted by Crippen LogP contribution is 2.17. The predicted molar refractivity (Wildman–Crippen MR) is 96.3 cm³/mol. The molecule has 2 amide bonds. The number of rotatable bonds is 9. The van der Waals surface area contributed by atoms with Crippen LogP contribution in [0.15, 0.2) is 48.5 Å². The maximum atomic E-state index is 11.8. The molecular weight excluding hydrogens is 320 g/mol. The van der Waals surface area contributed by atoms with E-state index < -0.39 is 0 Å². The van der Waals surface area contributed by atoms with Crippen molar-refractivity contribution in [3.05, 3.63) is 54.1 Å². The number of hydrogen-bond acceptors (Lipinski definition) is 4. The van der Waals surface area contributed by atoms with Gasteiger partial charge in [-0.05, 0) is 36.8 Å². The number of urea groups is 1. The molecule has 2 aromatic carbocycles. The quantitative estimate of drug-likeness (QED) is 0.686.